The fourth-order valence-corrected chi connectivity index (χ4v) is 7.87. The van der Waals surface area contributed by atoms with Crippen LogP contribution in [0.25, 0.3) is 0 Å². The van der Waals surface area contributed by atoms with Gasteiger partial charge in [0.15, 0.2) is 12.6 Å². The van der Waals surface area contributed by atoms with Gasteiger partial charge in [0.25, 0.3) is 0 Å². The molecule has 2 fully saturated rings. The van der Waals surface area contributed by atoms with Crippen molar-refractivity contribution in [2.45, 2.75) is 248 Å². The summed E-state index contributed by atoms with van der Waals surface area (Å²) in [5.74, 6) is -0.285. The van der Waals surface area contributed by atoms with E-state index in [2.05, 4.69) is 24.4 Å². The molecule has 2 aliphatic heterocycles. The molecule has 0 aromatic heterocycles. The zero-order chi connectivity index (χ0) is 44.7. The second-order valence-electron chi connectivity index (χ2n) is 17.2. The standard InChI is InChI=1S/C47H87NO13/c1-3-5-7-8-9-10-11-12-13-14-15-16-17-18-19-20-21-22-23-24-25-26-27-28-29-30-36(51)35(48-39(52)31-6-4-2)34-58-46-44(57)42(55)45(38(33-50)60-46)61-47-43(56)41(54)40(53)37(32-49)59-47/h25-26,29-30,35-38,40-47,49-51,53-57H,3-24,27-28,31-34H2,1-2H3,(H,48,52)/b26-25+,30-29+. The lowest BCUT2D eigenvalue weighted by atomic mass is 9.97. The summed E-state index contributed by atoms with van der Waals surface area (Å²) in [6.45, 7) is 2.50. The van der Waals surface area contributed by atoms with Gasteiger partial charge >= 0.3 is 0 Å². The predicted molar refractivity (Wildman–Crippen MR) is 235 cm³/mol. The molecule has 2 rings (SSSR count). The normalized spacial score (nSPS) is 28.2. The van der Waals surface area contributed by atoms with Crippen molar-refractivity contribution in [2.75, 3.05) is 19.8 Å². The van der Waals surface area contributed by atoms with Gasteiger partial charge in [-0.2, -0.15) is 0 Å². The van der Waals surface area contributed by atoms with Crippen LogP contribution < -0.4 is 5.32 Å². The van der Waals surface area contributed by atoms with Crippen molar-refractivity contribution in [3.63, 3.8) is 0 Å². The van der Waals surface area contributed by atoms with E-state index in [-0.39, 0.29) is 18.9 Å². The minimum absolute atomic E-state index is 0.249. The maximum Gasteiger partial charge on any atom is 0.220 e. The number of aliphatic hydroxyl groups excluding tert-OH is 8. The lowest BCUT2D eigenvalue weighted by molar-refractivity contribution is -0.359. The minimum Gasteiger partial charge on any atom is -0.394 e. The van der Waals surface area contributed by atoms with Gasteiger partial charge in [-0.15, -0.1) is 0 Å². The monoisotopic (exact) mass is 874 g/mol. The summed E-state index contributed by atoms with van der Waals surface area (Å²) in [4.78, 5) is 12.7. The third kappa shape index (κ3) is 22.8. The third-order valence-electron chi connectivity index (χ3n) is 11.9. The zero-order valence-electron chi connectivity index (χ0n) is 37.7. The molecule has 14 heteroatoms. The van der Waals surface area contributed by atoms with Crippen LogP contribution in [-0.4, -0.2) is 140 Å². The number of hydrogen-bond acceptors (Lipinski definition) is 13. The highest BCUT2D eigenvalue weighted by molar-refractivity contribution is 5.76. The molecular weight excluding hydrogens is 787 g/mol. The van der Waals surface area contributed by atoms with E-state index in [0.717, 1.165) is 19.3 Å². The number of ether oxygens (including phenoxy) is 4. The summed E-state index contributed by atoms with van der Waals surface area (Å²) in [6.07, 6.45) is 21.0. The van der Waals surface area contributed by atoms with Crippen molar-refractivity contribution in [2.24, 2.45) is 0 Å². The fourth-order valence-electron chi connectivity index (χ4n) is 7.87. The summed E-state index contributed by atoms with van der Waals surface area (Å²) >= 11 is 0. The number of aliphatic hydroxyl groups is 8. The third-order valence-corrected chi connectivity index (χ3v) is 11.9. The van der Waals surface area contributed by atoms with Crippen molar-refractivity contribution in [3.8, 4) is 0 Å². The topological polar surface area (TPSA) is 228 Å². The molecule has 0 aromatic rings. The van der Waals surface area contributed by atoms with E-state index in [9.17, 15) is 45.6 Å². The predicted octanol–water partition coefficient (Wildman–Crippen LogP) is 5.38. The molecule has 0 bridgehead atoms. The van der Waals surface area contributed by atoms with Crippen molar-refractivity contribution in [3.05, 3.63) is 24.3 Å². The first-order valence-electron chi connectivity index (χ1n) is 24.1. The fraction of sp³-hybridized carbons (Fsp3) is 0.894. The molecule has 0 aromatic carbocycles. The number of nitrogens with one attached hydrogen (secondary N) is 1. The number of carbonyl (C=O) groups excluding carboxylic acids is 1. The molecule has 2 saturated heterocycles. The van der Waals surface area contributed by atoms with Crippen molar-refractivity contribution >= 4 is 5.91 Å². The summed E-state index contributed by atoms with van der Waals surface area (Å²) in [6, 6.07) is -0.922. The van der Waals surface area contributed by atoms with Crippen LogP contribution in [0.15, 0.2) is 24.3 Å². The molecule has 12 unspecified atom stereocenters. The molecule has 12 atom stereocenters. The molecule has 61 heavy (non-hydrogen) atoms. The van der Waals surface area contributed by atoms with E-state index >= 15 is 0 Å². The van der Waals surface area contributed by atoms with Crippen LogP contribution in [0, 0.1) is 0 Å². The van der Waals surface area contributed by atoms with Gasteiger partial charge < -0.3 is 65.1 Å². The van der Waals surface area contributed by atoms with Gasteiger partial charge in [0.05, 0.1) is 32.0 Å². The van der Waals surface area contributed by atoms with Gasteiger partial charge in [-0.1, -0.05) is 160 Å². The Bertz CT molecular complexity index is 1130. The molecular formula is C47H87NO13. The number of allylic oxidation sites excluding steroid dienone is 3. The van der Waals surface area contributed by atoms with Gasteiger partial charge in [-0.3, -0.25) is 4.79 Å². The number of unbranched alkanes of at least 4 members (excludes halogenated alkanes) is 21. The van der Waals surface area contributed by atoms with Crippen molar-refractivity contribution in [1.82, 2.24) is 5.32 Å². The Morgan fingerprint density at radius 1 is 0.574 bits per heavy atom. The van der Waals surface area contributed by atoms with Crippen LogP contribution in [0.2, 0.25) is 0 Å². The molecule has 0 spiro atoms. The van der Waals surface area contributed by atoms with E-state index in [1.165, 1.54) is 122 Å². The maximum absolute atomic E-state index is 12.7. The molecule has 1 amide bonds. The second-order valence-corrected chi connectivity index (χ2v) is 17.2. The number of hydrogen-bond donors (Lipinski definition) is 9. The first kappa shape index (κ1) is 55.6. The Hall–Kier alpha value is -1.53. The molecule has 2 heterocycles. The first-order chi connectivity index (χ1) is 29.6. The van der Waals surface area contributed by atoms with Crippen LogP contribution in [0.1, 0.15) is 174 Å². The Balaban J connectivity index is 1.66. The number of carbonyl (C=O) groups is 1. The lowest BCUT2D eigenvalue weighted by Crippen LogP contribution is -2.65. The summed E-state index contributed by atoms with van der Waals surface area (Å²) in [7, 11) is 0. The van der Waals surface area contributed by atoms with E-state index < -0.39 is 86.8 Å². The Morgan fingerprint density at radius 2 is 1.05 bits per heavy atom. The Morgan fingerprint density at radius 3 is 1.59 bits per heavy atom. The van der Waals surface area contributed by atoms with Crippen LogP contribution in [0.4, 0.5) is 0 Å². The van der Waals surface area contributed by atoms with Gasteiger partial charge in [0.1, 0.15) is 48.8 Å². The van der Waals surface area contributed by atoms with Gasteiger partial charge in [-0.05, 0) is 32.1 Å². The smallest absolute Gasteiger partial charge is 0.220 e. The highest BCUT2D eigenvalue weighted by atomic mass is 16.7. The molecule has 14 nitrogen and oxygen atoms in total. The second kappa shape index (κ2) is 34.8. The summed E-state index contributed by atoms with van der Waals surface area (Å²) in [5.41, 5.74) is 0. The molecule has 0 aliphatic carbocycles. The maximum atomic E-state index is 12.7. The minimum atomic E-state index is -1.79. The Kier molecular flexibility index (Phi) is 31.7. The van der Waals surface area contributed by atoms with Crippen LogP contribution in [-0.2, 0) is 23.7 Å². The molecule has 0 radical (unpaired) electrons. The summed E-state index contributed by atoms with van der Waals surface area (Å²) in [5, 5.41) is 85.8. The number of rotatable bonds is 36. The Labute approximate surface area is 367 Å². The number of amides is 1. The van der Waals surface area contributed by atoms with Gasteiger partial charge in [-0.25, -0.2) is 0 Å². The molecule has 9 N–H and O–H groups in total. The van der Waals surface area contributed by atoms with Crippen molar-refractivity contribution < 1.29 is 64.6 Å². The van der Waals surface area contributed by atoms with Gasteiger partial charge in [0, 0.05) is 6.42 Å². The van der Waals surface area contributed by atoms with Crippen LogP contribution in [0.3, 0.4) is 0 Å². The summed E-state index contributed by atoms with van der Waals surface area (Å²) < 4.78 is 22.4. The van der Waals surface area contributed by atoms with E-state index in [1.807, 2.05) is 13.0 Å². The molecule has 0 saturated carbocycles. The largest absolute Gasteiger partial charge is 0.394 e. The first-order valence-corrected chi connectivity index (χ1v) is 24.1. The highest BCUT2D eigenvalue weighted by Gasteiger charge is 2.51. The average molecular weight is 874 g/mol. The average Bonchev–Trinajstić information content (AvgIpc) is 3.26. The molecule has 2 aliphatic rings. The van der Waals surface area contributed by atoms with Crippen LogP contribution >= 0.6 is 0 Å². The van der Waals surface area contributed by atoms with Crippen LogP contribution in [0.5, 0.6) is 0 Å². The lowest BCUT2D eigenvalue weighted by Gasteiger charge is -2.46. The van der Waals surface area contributed by atoms with Gasteiger partial charge in [0.2, 0.25) is 5.91 Å². The quantitative estimate of drug-likeness (QED) is 0.0285. The molecule has 358 valence electrons. The highest BCUT2D eigenvalue weighted by Crippen LogP contribution is 2.30. The van der Waals surface area contributed by atoms with E-state index in [1.54, 1.807) is 6.08 Å². The van der Waals surface area contributed by atoms with E-state index in [4.69, 9.17) is 18.9 Å². The van der Waals surface area contributed by atoms with E-state index in [0.29, 0.717) is 12.8 Å². The SMILES string of the molecule is CCCCCCCCCCCCCCCCCCCCC/C=C/CC/C=C/C(O)C(COC1OC(CO)C(OC2OC(CO)C(O)C(O)C2O)C(O)C1O)NC(=O)CCCC. The zero-order valence-corrected chi connectivity index (χ0v) is 37.7. The van der Waals surface area contributed by atoms with Crippen molar-refractivity contribution in [1.29, 1.82) is 0 Å².